The molecule has 0 spiro atoms. The van der Waals surface area contributed by atoms with E-state index in [0.717, 1.165) is 12.0 Å². The first-order valence-electron chi connectivity index (χ1n) is 5.61. The molecule has 16 heavy (non-hydrogen) atoms. The lowest BCUT2D eigenvalue weighted by Crippen LogP contribution is -2.30. The van der Waals surface area contributed by atoms with Crippen LogP contribution >= 0.6 is 0 Å². The third-order valence-electron chi connectivity index (χ3n) is 3.38. The first-order chi connectivity index (χ1) is 7.84. The first-order valence-corrected chi connectivity index (χ1v) is 5.61. The van der Waals surface area contributed by atoms with Crippen LogP contribution in [0.25, 0.3) is 0 Å². The standard InChI is InChI=1S/C14H14O2/c15-14(7-10-5-6-16-9-10)13-8-11-3-1-2-4-12(11)13/h1-6,9,13-15H,7-8H2. The third-order valence-corrected chi connectivity index (χ3v) is 3.38. The summed E-state index contributed by atoms with van der Waals surface area (Å²) in [5, 5.41) is 10.1. The quantitative estimate of drug-likeness (QED) is 0.851. The van der Waals surface area contributed by atoms with E-state index in [2.05, 4.69) is 18.2 Å². The molecule has 1 aliphatic rings. The van der Waals surface area contributed by atoms with E-state index in [1.165, 1.54) is 11.1 Å². The molecule has 0 bridgehead atoms. The summed E-state index contributed by atoms with van der Waals surface area (Å²) in [6.07, 6.45) is 4.72. The third kappa shape index (κ3) is 1.55. The van der Waals surface area contributed by atoms with Gasteiger partial charge in [0, 0.05) is 12.3 Å². The highest BCUT2D eigenvalue weighted by Crippen LogP contribution is 2.38. The van der Waals surface area contributed by atoms with Gasteiger partial charge in [0.05, 0.1) is 18.6 Å². The number of aliphatic hydroxyl groups excluding tert-OH is 1. The summed E-state index contributed by atoms with van der Waals surface area (Å²) in [6.45, 7) is 0. The number of rotatable bonds is 3. The summed E-state index contributed by atoms with van der Waals surface area (Å²) in [5.41, 5.74) is 3.74. The van der Waals surface area contributed by atoms with Crippen LogP contribution in [0.4, 0.5) is 0 Å². The van der Waals surface area contributed by atoms with Crippen molar-refractivity contribution < 1.29 is 9.52 Å². The molecule has 0 fully saturated rings. The van der Waals surface area contributed by atoms with Crippen molar-refractivity contribution in [3.63, 3.8) is 0 Å². The molecule has 82 valence electrons. The monoisotopic (exact) mass is 214 g/mol. The highest BCUT2D eigenvalue weighted by atomic mass is 16.3. The van der Waals surface area contributed by atoms with Gasteiger partial charge in [-0.25, -0.2) is 0 Å². The Morgan fingerprint density at radius 1 is 1.31 bits per heavy atom. The Labute approximate surface area is 94.5 Å². The number of fused-ring (bicyclic) bond motifs is 1. The zero-order valence-corrected chi connectivity index (χ0v) is 8.97. The Kier molecular flexibility index (Phi) is 2.29. The van der Waals surface area contributed by atoms with Crippen molar-refractivity contribution >= 4 is 0 Å². The van der Waals surface area contributed by atoms with Crippen molar-refractivity contribution in [1.29, 1.82) is 0 Å². The molecule has 2 heteroatoms. The zero-order valence-electron chi connectivity index (χ0n) is 8.97. The normalized spacial score (nSPS) is 19.9. The maximum absolute atomic E-state index is 10.1. The van der Waals surface area contributed by atoms with Gasteiger partial charge in [-0.15, -0.1) is 0 Å². The molecule has 1 aromatic carbocycles. The molecule has 1 heterocycles. The average Bonchev–Trinajstić information content (AvgIpc) is 2.72. The van der Waals surface area contributed by atoms with Gasteiger partial charge in [0.15, 0.2) is 0 Å². The van der Waals surface area contributed by atoms with E-state index in [4.69, 9.17) is 4.42 Å². The summed E-state index contributed by atoms with van der Waals surface area (Å²) >= 11 is 0. The van der Waals surface area contributed by atoms with Crippen LogP contribution in [-0.4, -0.2) is 11.2 Å². The van der Waals surface area contributed by atoms with Crippen LogP contribution in [0.5, 0.6) is 0 Å². The van der Waals surface area contributed by atoms with E-state index < -0.39 is 0 Å². The van der Waals surface area contributed by atoms with Gasteiger partial charge in [0.2, 0.25) is 0 Å². The van der Waals surface area contributed by atoms with Crippen LogP contribution in [0.15, 0.2) is 47.3 Å². The van der Waals surface area contributed by atoms with E-state index in [1.54, 1.807) is 12.5 Å². The van der Waals surface area contributed by atoms with Gasteiger partial charge in [-0.3, -0.25) is 0 Å². The summed E-state index contributed by atoms with van der Waals surface area (Å²) in [4.78, 5) is 0. The Balaban J connectivity index is 1.72. The zero-order chi connectivity index (χ0) is 11.0. The lowest BCUT2D eigenvalue weighted by atomic mass is 9.73. The average molecular weight is 214 g/mol. The van der Waals surface area contributed by atoms with Gasteiger partial charge < -0.3 is 9.52 Å². The Hall–Kier alpha value is -1.54. The first kappa shape index (κ1) is 9.67. The lowest BCUT2D eigenvalue weighted by Gasteiger charge is -2.33. The molecule has 2 aromatic rings. The predicted octanol–water partition coefficient (Wildman–Crippen LogP) is 2.52. The van der Waals surface area contributed by atoms with Crippen LogP contribution < -0.4 is 0 Å². The van der Waals surface area contributed by atoms with E-state index >= 15 is 0 Å². The molecule has 1 aromatic heterocycles. The minimum Gasteiger partial charge on any atom is -0.472 e. The second-order valence-electron chi connectivity index (χ2n) is 4.41. The molecule has 3 rings (SSSR count). The minimum absolute atomic E-state index is 0.297. The topological polar surface area (TPSA) is 33.4 Å². The molecular formula is C14H14O2. The number of aliphatic hydroxyl groups is 1. The highest BCUT2D eigenvalue weighted by molar-refractivity contribution is 5.41. The van der Waals surface area contributed by atoms with E-state index in [9.17, 15) is 5.11 Å². The summed E-state index contributed by atoms with van der Waals surface area (Å²) < 4.78 is 5.01. The highest BCUT2D eigenvalue weighted by Gasteiger charge is 2.31. The van der Waals surface area contributed by atoms with Crippen LogP contribution in [-0.2, 0) is 12.8 Å². The summed E-state index contributed by atoms with van der Waals surface area (Å²) in [5.74, 6) is 0.297. The molecule has 0 amide bonds. The van der Waals surface area contributed by atoms with Gasteiger partial charge in [-0.2, -0.15) is 0 Å². The van der Waals surface area contributed by atoms with Gasteiger partial charge in [0.1, 0.15) is 0 Å². The van der Waals surface area contributed by atoms with E-state index in [0.29, 0.717) is 12.3 Å². The SMILES string of the molecule is OC(Cc1ccoc1)C1Cc2ccccc21. The van der Waals surface area contributed by atoms with Gasteiger partial charge in [-0.1, -0.05) is 24.3 Å². The molecule has 0 saturated heterocycles. The van der Waals surface area contributed by atoms with Crippen molar-refractivity contribution in [2.45, 2.75) is 24.9 Å². The van der Waals surface area contributed by atoms with Crippen LogP contribution in [0.3, 0.4) is 0 Å². The molecule has 2 unspecified atom stereocenters. The fourth-order valence-corrected chi connectivity index (χ4v) is 2.43. The lowest BCUT2D eigenvalue weighted by molar-refractivity contribution is 0.133. The van der Waals surface area contributed by atoms with E-state index in [1.807, 2.05) is 12.1 Å². The molecule has 2 nitrogen and oxygen atoms in total. The van der Waals surface area contributed by atoms with Crippen molar-refractivity contribution in [2.75, 3.05) is 0 Å². The fraction of sp³-hybridized carbons (Fsp3) is 0.286. The molecule has 0 aliphatic heterocycles. The van der Waals surface area contributed by atoms with Crippen molar-refractivity contribution in [3.8, 4) is 0 Å². The predicted molar refractivity (Wildman–Crippen MR) is 61.3 cm³/mol. The maximum Gasteiger partial charge on any atom is 0.0935 e. The number of benzene rings is 1. The molecule has 1 aliphatic carbocycles. The Morgan fingerprint density at radius 2 is 2.19 bits per heavy atom. The van der Waals surface area contributed by atoms with Gasteiger partial charge in [-0.05, 0) is 29.2 Å². The number of furan rings is 1. The second kappa shape index (κ2) is 3.80. The van der Waals surface area contributed by atoms with Gasteiger partial charge >= 0.3 is 0 Å². The summed E-state index contributed by atoms with van der Waals surface area (Å²) in [6, 6.07) is 10.2. The second-order valence-corrected chi connectivity index (χ2v) is 4.41. The van der Waals surface area contributed by atoms with Crippen LogP contribution in [0.2, 0.25) is 0 Å². The maximum atomic E-state index is 10.1. The van der Waals surface area contributed by atoms with Crippen molar-refractivity contribution in [2.24, 2.45) is 0 Å². The smallest absolute Gasteiger partial charge is 0.0935 e. The molecule has 1 N–H and O–H groups in total. The van der Waals surface area contributed by atoms with Crippen LogP contribution in [0.1, 0.15) is 22.6 Å². The number of hydrogen-bond donors (Lipinski definition) is 1. The Bertz CT molecular complexity index is 473. The molecular weight excluding hydrogens is 200 g/mol. The number of hydrogen-bond acceptors (Lipinski definition) is 2. The van der Waals surface area contributed by atoms with Crippen LogP contribution in [0, 0.1) is 0 Å². The van der Waals surface area contributed by atoms with Crippen molar-refractivity contribution in [3.05, 3.63) is 59.5 Å². The largest absolute Gasteiger partial charge is 0.472 e. The fourth-order valence-electron chi connectivity index (χ4n) is 2.43. The molecule has 0 saturated carbocycles. The van der Waals surface area contributed by atoms with Gasteiger partial charge in [0.25, 0.3) is 0 Å². The summed E-state index contributed by atoms with van der Waals surface area (Å²) in [7, 11) is 0. The minimum atomic E-state index is -0.299. The Morgan fingerprint density at radius 3 is 2.94 bits per heavy atom. The van der Waals surface area contributed by atoms with E-state index in [-0.39, 0.29) is 6.10 Å². The molecule has 0 radical (unpaired) electrons. The molecule has 2 atom stereocenters. The van der Waals surface area contributed by atoms with Crippen molar-refractivity contribution in [1.82, 2.24) is 0 Å².